The smallest absolute Gasteiger partial charge is 0.447 e. The molecule has 0 saturated heterocycles. The lowest BCUT2D eigenvalue weighted by atomic mass is 9.73. The van der Waals surface area contributed by atoms with Crippen LogP contribution in [-0.4, -0.2) is 49.4 Å². The SMILES string of the molecule is C=C(C)C1CCC(C)=CC1c1c(OP(C)OC(C)(C)OC(C)=O)cc(CCCCC)cc1O[P+](C)(OC)OC(C)(C)OC(C)=O.O. The Labute approximate surface area is 278 Å². The molecule has 0 aromatic heterocycles. The first-order chi connectivity index (χ1) is 20.8. The van der Waals surface area contributed by atoms with Crippen LogP contribution >= 0.6 is 16.3 Å². The van der Waals surface area contributed by atoms with Gasteiger partial charge in [0.1, 0.15) is 12.4 Å². The Bertz CT molecular complexity index is 1230. The molecule has 46 heavy (non-hydrogen) atoms. The van der Waals surface area contributed by atoms with Crippen molar-refractivity contribution in [1.82, 2.24) is 0 Å². The molecular formula is C34H57O10P2+. The Hall–Kier alpha value is -2.06. The quantitative estimate of drug-likeness (QED) is 0.0518. The van der Waals surface area contributed by atoms with Crippen LogP contribution in [0, 0.1) is 5.92 Å². The summed E-state index contributed by atoms with van der Waals surface area (Å²) < 4.78 is 42.5. The minimum atomic E-state index is -3.10. The third-order valence-electron chi connectivity index (χ3n) is 7.28. The Morgan fingerprint density at radius 3 is 2.15 bits per heavy atom. The van der Waals surface area contributed by atoms with Crippen molar-refractivity contribution >= 4 is 28.3 Å². The molecule has 0 spiro atoms. The number of ether oxygens (including phenoxy) is 2. The fourth-order valence-corrected chi connectivity index (χ4v) is 8.28. The maximum atomic E-state index is 11.8. The van der Waals surface area contributed by atoms with Gasteiger partial charge >= 0.3 is 19.9 Å². The van der Waals surface area contributed by atoms with E-state index in [4.69, 9.17) is 32.1 Å². The Morgan fingerprint density at radius 2 is 1.61 bits per heavy atom. The molecular weight excluding hydrogens is 630 g/mol. The van der Waals surface area contributed by atoms with E-state index in [0.717, 1.165) is 55.2 Å². The monoisotopic (exact) mass is 687 g/mol. The lowest BCUT2D eigenvalue weighted by molar-refractivity contribution is -0.186. The lowest BCUT2D eigenvalue weighted by Gasteiger charge is -2.34. The molecule has 1 aromatic carbocycles. The molecule has 2 rings (SSSR count). The molecule has 12 heteroatoms. The van der Waals surface area contributed by atoms with E-state index in [-0.39, 0.29) is 17.3 Å². The van der Waals surface area contributed by atoms with E-state index >= 15 is 0 Å². The molecule has 10 nitrogen and oxygen atoms in total. The number of aryl methyl sites for hydroxylation is 1. The molecule has 0 fully saturated rings. The standard InChI is InChI=1S/C34H55O9P2.H2O/c1-14-15-16-17-27-21-30(40-44(12)42-33(7,8)38-25(5)35)32(29-20-24(4)18-19-28(29)23(2)3)31(22-27)41-45(13,37-11)43-34(9,10)39-26(6)36;/h20-22,28-29H,2,14-19H2,1,3-13H3;1H2/q+1;. The van der Waals surface area contributed by atoms with Crippen LogP contribution in [0.3, 0.4) is 0 Å². The number of rotatable bonds is 17. The summed E-state index contributed by atoms with van der Waals surface area (Å²) in [4.78, 5) is 23.5. The second-order valence-corrected chi connectivity index (χ2v) is 16.3. The molecule has 0 saturated carbocycles. The second-order valence-electron chi connectivity index (χ2n) is 12.7. The summed E-state index contributed by atoms with van der Waals surface area (Å²) in [5.41, 5.74) is 4.20. The Balaban J connectivity index is 0.0000106. The van der Waals surface area contributed by atoms with Crippen LogP contribution in [0.5, 0.6) is 11.5 Å². The molecule has 0 radical (unpaired) electrons. The lowest BCUT2D eigenvalue weighted by Crippen LogP contribution is -2.32. The highest BCUT2D eigenvalue weighted by Crippen LogP contribution is 2.62. The van der Waals surface area contributed by atoms with E-state index in [2.05, 4.69) is 39.5 Å². The van der Waals surface area contributed by atoms with E-state index in [1.165, 1.54) is 26.5 Å². The number of unbranched alkanes of at least 4 members (excludes halogenated alkanes) is 2. The molecule has 4 atom stereocenters. The zero-order valence-electron chi connectivity index (χ0n) is 29.9. The van der Waals surface area contributed by atoms with Crippen molar-refractivity contribution in [3.63, 3.8) is 0 Å². The zero-order chi connectivity index (χ0) is 34.2. The van der Waals surface area contributed by atoms with Crippen molar-refractivity contribution in [2.75, 3.05) is 20.4 Å². The fraction of sp³-hybridized carbons (Fsp3) is 0.647. The van der Waals surface area contributed by atoms with Gasteiger partial charge in [0.05, 0.1) is 7.11 Å². The first kappa shape index (κ1) is 42.0. The maximum absolute atomic E-state index is 11.8. The molecule has 0 amide bonds. The van der Waals surface area contributed by atoms with Crippen molar-refractivity contribution in [3.8, 4) is 11.5 Å². The molecule has 1 aromatic rings. The van der Waals surface area contributed by atoms with Crippen LogP contribution in [0.15, 0.2) is 35.9 Å². The predicted molar refractivity (Wildman–Crippen MR) is 185 cm³/mol. The van der Waals surface area contributed by atoms with Crippen molar-refractivity contribution in [2.24, 2.45) is 5.92 Å². The molecule has 262 valence electrons. The van der Waals surface area contributed by atoms with Gasteiger partial charge in [-0.2, -0.15) is 4.52 Å². The third kappa shape index (κ3) is 13.2. The number of allylic oxidation sites excluding steroid dienone is 3. The summed E-state index contributed by atoms with van der Waals surface area (Å²) >= 11 is 0. The van der Waals surface area contributed by atoms with Crippen molar-refractivity contribution in [2.45, 2.75) is 118 Å². The summed E-state index contributed by atoms with van der Waals surface area (Å²) in [6.07, 6.45) is 8.15. The number of carbonyl (C=O) groups excluding carboxylic acids is 2. The highest BCUT2D eigenvalue weighted by atomic mass is 31.2. The van der Waals surface area contributed by atoms with Crippen LogP contribution in [-0.2, 0) is 39.1 Å². The molecule has 4 unspecified atom stereocenters. The van der Waals surface area contributed by atoms with Gasteiger partial charge in [0, 0.05) is 59.7 Å². The molecule has 1 aliphatic rings. The van der Waals surface area contributed by atoms with Crippen LogP contribution in [0.4, 0.5) is 0 Å². The van der Waals surface area contributed by atoms with E-state index in [1.807, 2.05) is 12.7 Å². The fourth-order valence-electron chi connectivity index (χ4n) is 5.63. The van der Waals surface area contributed by atoms with Gasteiger partial charge < -0.3 is 19.5 Å². The van der Waals surface area contributed by atoms with Crippen molar-refractivity contribution < 1.29 is 47.2 Å². The van der Waals surface area contributed by atoms with Crippen LogP contribution < -0.4 is 9.05 Å². The summed E-state index contributed by atoms with van der Waals surface area (Å²) in [5.74, 6) is -2.17. The summed E-state index contributed by atoms with van der Waals surface area (Å²) in [5, 5.41) is 0. The van der Waals surface area contributed by atoms with Gasteiger partial charge in [-0.05, 0) is 63.1 Å². The number of hydrogen-bond acceptors (Lipinski definition) is 9. The second kappa shape index (κ2) is 17.9. The Morgan fingerprint density at radius 1 is 1.02 bits per heavy atom. The molecule has 2 N–H and O–H groups in total. The van der Waals surface area contributed by atoms with Gasteiger partial charge in [-0.15, -0.1) is 4.52 Å². The highest BCUT2D eigenvalue weighted by molar-refractivity contribution is 7.61. The average molecular weight is 688 g/mol. The predicted octanol–water partition coefficient (Wildman–Crippen LogP) is 8.98. The van der Waals surface area contributed by atoms with E-state index in [1.54, 1.807) is 34.4 Å². The van der Waals surface area contributed by atoms with Gasteiger partial charge in [0.25, 0.3) is 5.79 Å². The zero-order valence-corrected chi connectivity index (χ0v) is 31.7. The minimum absolute atomic E-state index is 0. The number of hydrogen-bond donors (Lipinski definition) is 0. The van der Waals surface area contributed by atoms with Crippen molar-refractivity contribution in [1.29, 1.82) is 0 Å². The summed E-state index contributed by atoms with van der Waals surface area (Å²) in [6.45, 7) is 23.7. The topological polar surface area (TPSA) is 130 Å². The van der Waals surface area contributed by atoms with Gasteiger partial charge in [-0.25, -0.2) is 0 Å². The van der Waals surface area contributed by atoms with Crippen LogP contribution in [0.1, 0.15) is 111 Å². The first-order valence-corrected chi connectivity index (χ1v) is 19.2. The van der Waals surface area contributed by atoms with Gasteiger partial charge in [0.2, 0.25) is 14.2 Å². The van der Waals surface area contributed by atoms with E-state index < -0.39 is 39.8 Å². The van der Waals surface area contributed by atoms with E-state index in [9.17, 15) is 9.59 Å². The van der Waals surface area contributed by atoms with Crippen molar-refractivity contribution in [3.05, 3.63) is 47.1 Å². The average Bonchev–Trinajstić information content (AvgIpc) is 2.86. The van der Waals surface area contributed by atoms with E-state index in [0.29, 0.717) is 11.5 Å². The molecule has 0 heterocycles. The number of benzene rings is 1. The molecule has 0 aliphatic heterocycles. The highest BCUT2D eigenvalue weighted by Gasteiger charge is 2.49. The maximum Gasteiger partial charge on any atom is 0.457 e. The largest absolute Gasteiger partial charge is 0.457 e. The van der Waals surface area contributed by atoms with Crippen LogP contribution in [0.25, 0.3) is 0 Å². The Kier molecular flexibility index (Phi) is 16.3. The number of carbonyl (C=O) groups is 2. The normalized spacial score (nSPS) is 18.7. The third-order valence-corrected chi connectivity index (χ3v) is 10.4. The van der Waals surface area contributed by atoms with Crippen LogP contribution in [0.2, 0.25) is 0 Å². The summed E-state index contributed by atoms with van der Waals surface area (Å²) in [6, 6.07) is 4.12. The van der Waals surface area contributed by atoms with Gasteiger partial charge in [0.15, 0.2) is 5.75 Å². The first-order valence-electron chi connectivity index (χ1n) is 15.6. The minimum Gasteiger partial charge on any atom is -0.447 e. The molecule has 0 bridgehead atoms. The van der Waals surface area contributed by atoms with Gasteiger partial charge in [-0.1, -0.05) is 43.6 Å². The van der Waals surface area contributed by atoms with Gasteiger partial charge in [-0.3, -0.25) is 18.6 Å². The molecule has 1 aliphatic carbocycles. The summed E-state index contributed by atoms with van der Waals surface area (Å²) in [7, 11) is -3.13. The number of esters is 2.